The minimum Gasteiger partial charge on any atom is -0.497 e. The Bertz CT molecular complexity index is 1820. The number of esters is 2. The fourth-order valence-corrected chi connectivity index (χ4v) is 6.07. The highest BCUT2D eigenvalue weighted by Gasteiger charge is 2.53. The third-order valence-electron chi connectivity index (χ3n) is 8.30. The van der Waals surface area contributed by atoms with Crippen LogP contribution in [0.3, 0.4) is 0 Å². The summed E-state index contributed by atoms with van der Waals surface area (Å²) >= 11 is 0. The van der Waals surface area contributed by atoms with Gasteiger partial charge in [-0.15, -0.1) is 0 Å². The van der Waals surface area contributed by atoms with Crippen molar-refractivity contribution in [3.05, 3.63) is 76.9 Å². The lowest BCUT2D eigenvalue weighted by Gasteiger charge is -2.32. The van der Waals surface area contributed by atoms with Crippen LogP contribution in [0.5, 0.6) is 34.5 Å². The van der Waals surface area contributed by atoms with Crippen molar-refractivity contribution in [3.8, 4) is 34.5 Å². The van der Waals surface area contributed by atoms with Crippen LogP contribution in [0.25, 0.3) is 5.57 Å². The lowest BCUT2D eigenvalue weighted by molar-refractivity contribution is -0.186. The molecule has 3 aromatic carbocycles. The first-order valence-electron chi connectivity index (χ1n) is 16.7. The van der Waals surface area contributed by atoms with Gasteiger partial charge in [-0.05, 0) is 92.8 Å². The molecule has 2 atom stereocenters. The predicted octanol–water partition coefficient (Wildman–Crippen LogP) is 6.34. The van der Waals surface area contributed by atoms with Crippen molar-refractivity contribution < 1.29 is 57.0 Å². The second-order valence-corrected chi connectivity index (χ2v) is 13.6. The van der Waals surface area contributed by atoms with Crippen molar-refractivity contribution in [2.75, 3.05) is 35.2 Å². The number of carbonyl (C=O) groups is 3. The van der Waals surface area contributed by atoms with Gasteiger partial charge in [-0.25, -0.2) is 14.4 Å². The summed E-state index contributed by atoms with van der Waals surface area (Å²) < 4.78 is 51.4. The van der Waals surface area contributed by atoms with Gasteiger partial charge in [0.15, 0.2) is 23.0 Å². The zero-order chi connectivity index (χ0) is 37.8. The quantitative estimate of drug-likeness (QED) is 0.197. The number of alkyl carbamates (subject to hydrolysis) is 1. The van der Waals surface area contributed by atoms with Gasteiger partial charge in [0.25, 0.3) is 0 Å². The maximum atomic E-state index is 14.2. The molecule has 2 aliphatic heterocycles. The Hall–Kier alpha value is -5.59. The van der Waals surface area contributed by atoms with Gasteiger partial charge in [-0.1, -0.05) is 19.9 Å². The molecule has 0 saturated heterocycles. The van der Waals surface area contributed by atoms with E-state index in [-0.39, 0.29) is 36.7 Å². The average molecular weight is 720 g/mol. The van der Waals surface area contributed by atoms with Crippen molar-refractivity contribution in [2.45, 2.75) is 64.9 Å². The Morgan fingerprint density at radius 3 is 2.10 bits per heavy atom. The van der Waals surface area contributed by atoms with Crippen LogP contribution in [0.2, 0.25) is 0 Å². The second-order valence-electron chi connectivity index (χ2n) is 13.6. The van der Waals surface area contributed by atoms with E-state index in [1.54, 1.807) is 75.4 Å². The third kappa shape index (κ3) is 7.98. The topological polar surface area (TPSA) is 146 Å². The molecular weight excluding hydrogens is 674 g/mol. The Morgan fingerprint density at radius 1 is 0.865 bits per heavy atom. The molecule has 0 bridgehead atoms. The molecule has 1 N–H and O–H groups in total. The Kier molecular flexibility index (Phi) is 11.1. The molecular formula is C39H45NO12. The van der Waals surface area contributed by atoms with Crippen molar-refractivity contribution in [2.24, 2.45) is 5.92 Å². The third-order valence-corrected chi connectivity index (χ3v) is 8.30. The molecule has 5 rings (SSSR count). The van der Waals surface area contributed by atoms with Crippen LogP contribution in [-0.2, 0) is 36.0 Å². The van der Waals surface area contributed by atoms with Gasteiger partial charge in [-0.3, -0.25) is 0 Å². The number of nitrogens with one attached hydrogen (secondary N) is 1. The SMILES string of the molecule is COc1ccc(C2(OC(=O)NC(CC(C)C)C(=O)OC(C)(C)C)OC(=O)C(c3ccc4c(c3)OCO4)=C2Cc2cc(OC)c(OC)c(OC)c2)cc1. The molecule has 278 valence electrons. The van der Waals surface area contributed by atoms with E-state index in [0.717, 1.165) is 0 Å². The summed E-state index contributed by atoms with van der Waals surface area (Å²) in [5.41, 5.74) is 0.925. The summed E-state index contributed by atoms with van der Waals surface area (Å²) in [6.45, 7) is 9.07. The molecule has 13 nitrogen and oxygen atoms in total. The van der Waals surface area contributed by atoms with E-state index < -0.39 is 35.5 Å². The minimum absolute atomic E-state index is 0.00535. The van der Waals surface area contributed by atoms with E-state index in [1.165, 1.54) is 28.4 Å². The van der Waals surface area contributed by atoms with Gasteiger partial charge >= 0.3 is 23.8 Å². The van der Waals surface area contributed by atoms with E-state index in [2.05, 4.69) is 5.32 Å². The van der Waals surface area contributed by atoms with Crippen LogP contribution < -0.4 is 33.7 Å². The molecule has 1 amide bonds. The number of ether oxygens (including phenoxy) is 9. The first kappa shape index (κ1) is 37.7. The predicted molar refractivity (Wildman–Crippen MR) is 189 cm³/mol. The number of benzene rings is 3. The molecule has 0 spiro atoms. The van der Waals surface area contributed by atoms with Crippen LogP contribution >= 0.6 is 0 Å². The van der Waals surface area contributed by atoms with Gasteiger partial charge in [0.1, 0.15) is 17.4 Å². The van der Waals surface area contributed by atoms with Gasteiger partial charge in [0.05, 0.1) is 34.0 Å². The van der Waals surface area contributed by atoms with E-state index in [9.17, 15) is 14.4 Å². The minimum atomic E-state index is -2.13. The van der Waals surface area contributed by atoms with Gasteiger partial charge < -0.3 is 47.9 Å². The van der Waals surface area contributed by atoms with Gasteiger partial charge in [-0.2, -0.15) is 0 Å². The standard InChI is InChI=1S/C39H45NO12/c1-22(2)16-28(35(41)50-38(3,4)5)40-37(43)52-39(25-11-13-26(44-6)14-12-25)27(17-23-18-31(45-7)34(47-9)32(19-23)46-8)33(36(42)51-39)24-10-15-29-30(20-24)49-21-48-29/h10-15,18-20,22,28H,16-17,21H2,1-9H3,(H,40,43). The summed E-state index contributed by atoms with van der Waals surface area (Å²) in [6, 6.07) is 14.0. The lowest BCUT2D eigenvalue weighted by atomic mass is 9.87. The summed E-state index contributed by atoms with van der Waals surface area (Å²) in [4.78, 5) is 41.6. The number of cyclic esters (lactones) is 1. The molecule has 3 aromatic rings. The molecule has 0 fully saturated rings. The van der Waals surface area contributed by atoms with Crippen LogP contribution in [0, 0.1) is 5.92 Å². The van der Waals surface area contributed by atoms with Crippen molar-refractivity contribution in [1.29, 1.82) is 0 Å². The highest BCUT2D eigenvalue weighted by Crippen LogP contribution is 2.50. The van der Waals surface area contributed by atoms with Gasteiger partial charge in [0, 0.05) is 17.6 Å². The fourth-order valence-electron chi connectivity index (χ4n) is 6.07. The maximum absolute atomic E-state index is 14.2. The van der Waals surface area contributed by atoms with E-state index >= 15 is 0 Å². The molecule has 2 unspecified atom stereocenters. The van der Waals surface area contributed by atoms with Crippen molar-refractivity contribution in [3.63, 3.8) is 0 Å². The highest BCUT2D eigenvalue weighted by atomic mass is 16.7. The summed E-state index contributed by atoms with van der Waals surface area (Å²) in [5.74, 6) is -0.957. The maximum Gasteiger partial charge on any atom is 0.411 e. The summed E-state index contributed by atoms with van der Waals surface area (Å²) in [7, 11) is 6.00. The number of hydrogen-bond acceptors (Lipinski definition) is 12. The molecule has 0 aliphatic carbocycles. The average Bonchev–Trinajstić information content (AvgIpc) is 3.68. The first-order chi connectivity index (χ1) is 24.7. The number of carbonyl (C=O) groups excluding carboxylic acids is 3. The second kappa shape index (κ2) is 15.3. The normalized spacial score (nSPS) is 17.0. The van der Waals surface area contributed by atoms with Crippen LogP contribution in [0.4, 0.5) is 4.79 Å². The summed E-state index contributed by atoms with van der Waals surface area (Å²) in [5, 5.41) is 2.69. The van der Waals surface area contributed by atoms with Crippen LogP contribution in [-0.4, -0.2) is 64.9 Å². The van der Waals surface area contributed by atoms with Crippen molar-refractivity contribution >= 4 is 23.6 Å². The molecule has 0 saturated carbocycles. The van der Waals surface area contributed by atoms with E-state index in [0.29, 0.717) is 51.2 Å². The zero-order valence-electron chi connectivity index (χ0n) is 30.9. The number of fused-ring (bicyclic) bond motifs is 1. The number of hydrogen-bond donors (Lipinski definition) is 1. The van der Waals surface area contributed by atoms with E-state index in [4.69, 9.17) is 42.6 Å². The number of amides is 1. The molecule has 0 radical (unpaired) electrons. The fraction of sp³-hybridized carbons (Fsp3) is 0.410. The monoisotopic (exact) mass is 719 g/mol. The Balaban J connectivity index is 1.70. The summed E-state index contributed by atoms with van der Waals surface area (Å²) in [6.07, 6.45) is -0.766. The lowest BCUT2D eigenvalue weighted by Crippen LogP contribution is -2.48. The number of rotatable bonds is 13. The largest absolute Gasteiger partial charge is 0.497 e. The first-order valence-corrected chi connectivity index (χ1v) is 16.7. The smallest absolute Gasteiger partial charge is 0.411 e. The zero-order valence-corrected chi connectivity index (χ0v) is 30.9. The Morgan fingerprint density at radius 2 is 1.52 bits per heavy atom. The Labute approximate surface area is 303 Å². The van der Waals surface area contributed by atoms with Crippen LogP contribution in [0.1, 0.15) is 57.7 Å². The van der Waals surface area contributed by atoms with Crippen LogP contribution in [0.15, 0.2) is 60.2 Å². The molecule has 2 heterocycles. The number of methoxy groups -OCH3 is 4. The van der Waals surface area contributed by atoms with E-state index in [1.807, 2.05) is 13.8 Å². The molecule has 0 aromatic heterocycles. The van der Waals surface area contributed by atoms with Crippen molar-refractivity contribution in [1.82, 2.24) is 5.32 Å². The highest BCUT2D eigenvalue weighted by molar-refractivity contribution is 6.20. The molecule has 13 heteroatoms. The van der Waals surface area contributed by atoms with Gasteiger partial charge in [0.2, 0.25) is 12.5 Å². The molecule has 2 aliphatic rings. The molecule has 52 heavy (non-hydrogen) atoms.